The van der Waals surface area contributed by atoms with Gasteiger partial charge < -0.3 is 0 Å². The molecule has 0 atom stereocenters. The third kappa shape index (κ3) is 15.9. The van der Waals surface area contributed by atoms with Crippen LogP contribution in [0.2, 0.25) is 0 Å². The van der Waals surface area contributed by atoms with Crippen LogP contribution in [0.5, 0.6) is 0 Å². The minimum atomic E-state index is 0. The van der Waals surface area contributed by atoms with E-state index in [0.717, 1.165) is 6.42 Å². The summed E-state index contributed by atoms with van der Waals surface area (Å²) in [6.45, 7) is 0. The maximum absolute atomic E-state index is 5.53. The van der Waals surface area contributed by atoms with Gasteiger partial charge in [-0.3, -0.25) is 0 Å². The van der Waals surface area contributed by atoms with Crippen molar-refractivity contribution in [3.63, 3.8) is 0 Å². The monoisotopic (exact) mass is 440 g/mol. The van der Waals surface area contributed by atoms with Crippen LogP contribution >= 0.6 is 24.0 Å². The lowest BCUT2D eigenvalue weighted by Crippen LogP contribution is -1.85. The standard InChI is InChI=1S/C13H12.C7H7Cl.C6H2.2CH4.ClH.2H2/c1-3-7-12(8-4-1)11-13-9-5-2-6-10-13;8-6-7-4-2-1-3-5-7;1-3-5-6-4-2;;;;;/h1-10H,11H2;1-5H,6H2;1-2H;2*1H4;3*1H. The molecule has 3 aromatic carbocycles. The molecule has 0 N–H and O–H groups in total. The van der Waals surface area contributed by atoms with E-state index in [1.165, 1.54) is 16.7 Å². The number of hydrogen-bond donors (Lipinski definition) is 0. The van der Waals surface area contributed by atoms with E-state index in [9.17, 15) is 0 Å². The van der Waals surface area contributed by atoms with Crippen molar-refractivity contribution in [2.45, 2.75) is 27.2 Å². The van der Waals surface area contributed by atoms with Crippen molar-refractivity contribution in [1.82, 2.24) is 0 Å². The Morgan fingerprint density at radius 3 is 1.13 bits per heavy atom. The van der Waals surface area contributed by atoms with Gasteiger partial charge in [-0.25, -0.2) is 0 Å². The fourth-order valence-corrected chi connectivity index (χ4v) is 2.24. The van der Waals surface area contributed by atoms with E-state index in [0.29, 0.717) is 5.88 Å². The quantitative estimate of drug-likeness (QED) is 0.284. The van der Waals surface area contributed by atoms with Crippen LogP contribution in [0.1, 0.15) is 34.4 Å². The summed E-state index contributed by atoms with van der Waals surface area (Å²) in [6, 6.07) is 31.0. The molecule has 0 heterocycles. The minimum Gasteiger partial charge on any atom is -0.147 e. The van der Waals surface area contributed by atoms with Crippen molar-refractivity contribution in [2.75, 3.05) is 0 Å². The summed E-state index contributed by atoms with van der Waals surface area (Å²) < 4.78 is 0. The number of rotatable bonds is 3. The predicted molar refractivity (Wildman–Crippen MR) is 142 cm³/mol. The summed E-state index contributed by atoms with van der Waals surface area (Å²) in [4.78, 5) is 0. The van der Waals surface area contributed by atoms with Gasteiger partial charge in [0.1, 0.15) is 0 Å². The molecule has 3 rings (SSSR count). The van der Waals surface area contributed by atoms with Crippen molar-refractivity contribution in [3.05, 3.63) is 108 Å². The average molecular weight is 441 g/mol. The highest BCUT2D eigenvalue weighted by molar-refractivity contribution is 6.17. The Hall–Kier alpha value is -3.08. The molecule has 0 saturated carbocycles. The smallest absolute Gasteiger partial charge is 0.0474 e. The zero-order valence-electron chi connectivity index (χ0n) is 15.5. The van der Waals surface area contributed by atoms with E-state index in [2.05, 4.69) is 84.3 Å². The van der Waals surface area contributed by atoms with Crippen molar-refractivity contribution in [3.8, 4) is 36.5 Å². The molecule has 0 fully saturated rings. The Kier molecular flexibility index (Phi) is 23.4. The number of benzene rings is 3. The van der Waals surface area contributed by atoms with Gasteiger partial charge in [0.05, 0.1) is 0 Å². The summed E-state index contributed by atoms with van der Waals surface area (Å²) in [6.07, 6.45) is 10.4. The van der Waals surface area contributed by atoms with Crippen LogP contribution < -0.4 is 0 Å². The average Bonchev–Trinajstić information content (AvgIpc) is 2.75. The van der Waals surface area contributed by atoms with E-state index >= 15 is 0 Å². The third-order valence-electron chi connectivity index (χ3n) is 3.30. The van der Waals surface area contributed by atoms with Crippen LogP contribution in [0.15, 0.2) is 91.0 Å². The van der Waals surface area contributed by atoms with E-state index in [1.54, 1.807) is 0 Å². The summed E-state index contributed by atoms with van der Waals surface area (Å²) in [7, 11) is 0. The molecule has 3 aromatic rings. The minimum absolute atomic E-state index is 0. The fourth-order valence-electron chi connectivity index (χ4n) is 2.07. The van der Waals surface area contributed by atoms with Crippen molar-refractivity contribution in [1.29, 1.82) is 0 Å². The van der Waals surface area contributed by atoms with Gasteiger partial charge in [0.15, 0.2) is 0 Å². The number of terminal acetylenes is 2. The molecule has 0 nitrogen and oxygen atoms in total. The highest BCUT2D eigenvalue weighted by Crippen LogP contribution is 2.07. The largest absolute Gasteiger partial charge is 0.147 e. The predicted octanol–water partition coefficient (Wildman–Crippen LogP) is 8.15. The van der Waals surface area contributed by atoms with Gasteiger partial charge in [0.25, 0.3) is 0 Å². The van der Waals surface area contributed by atoms with Crippen LogP contribution in [0.25, 0.3) is 0 Å². The molecule has 0 radical (unpaired) electrons. The Bertz CT molecular complexity index is 847. The van der Waals surface area contributed by atoms with E-state index in [-0.39, 0.29) is 30.1 Å². The number of halogens is 2. The fraction of sp³-hybridized carbons (Fsp3) is 0.143. The van der Waals surface area contributed by atoms with Gasteiger partial charge in [-0.1, -0.05) is 106 Å². The van der Waals surface area contributed by atoms with Crippen LogP contribution in [0.4, 0.5) is 0 Å². The second-order valence-electron chi connectivity index (χ2n) is 5.31. The van der Waals surface area contributed by atoms with Gasteiger partial charge in [-0.15, -0.1) is 36.9 Å². The molecule has 0 spiro atoms. The topological polar surface area (TPSA) is 0 Å². The molecule has 0 aliphatic carbocycles. The number of alkyl halides is 1. The lowest BCUT2D eigenvalue weighted by Gasteiger charge is -2.00. The van der Waals surface area contributed by atoms with Gasteiger partial charge in [0.2, 0.25) is 0 Å². The van der Waals surface area contributed by atoms with Gasteiger partial charge in [-0.05, 0) is 46.8 Å². The molecule has 30 heavy (non-hydrogen) atoms. The Balaban J connectivity index is -0.000000114. The first kappa shape index (κ1) is 31.6. The Morgan fingerprint density at radius 2 is 0.900 bits per heavy atom. The van der Waals surface area contributed by atoms with Gasteiger partial charge in [0, 0.05) is 8.73 Å². The second-order valence-corrected chi connectivity index (χ2v) is 5.57. The normalized spacial score (nSPS) is 7.30. The Morgan fingerprint density at radius 1 is 0.600 bits per heavy atom. The number of hydrogen-bond acceptors (Lipinski definition) is 0. The molecular weight excluding hydrogens is 407 g/mol. The van der Waals surface area contributed by atoms with Gasteiger partial charge >= 0.3 is 0 Å². The molecule has 0 aliphatic heterocycles. The summed E-state index contributed by atoms with van der Waals surface area (Å²) >= 11 is 5.53. The Labute approximate surface area is 198 Å². The first-order valence-electron chi connectivity index (χ1n) is 8.39. The highest BCUT2D eigenvalue weighted by Gasteiger charge is 1.92. The summed E-state index contributed by atoms with van der Waals surface area (Å²) in [5, 5.41) is 0. The van der Waals surface area contributed by atoms with Crippen molar-refractivity contribution >= 4 is 24.0 Å². The van der Waals surface area contributed by atoms with Crippen LogP contribution in [0, 0.1) is 36.5 Å². The SMILES string of the molecule is C.C.C#CC#CC#C.Cl.ClCc1ccccc1.[HH].[HH].c1ccc(Cc2ccccc2)cc1. The lowest BCUT2D eigenvalue weighted by molar-refractivity contribution is 1.19. The van der Waals surface area contributed by atoms with Crippen molar-refractivity contribution < 1.29 is 2.85 Å². The van der Waals surface area contributed by atoms with Crippen LogP contribution in [-0.2, 0) is 12.3 Å². The molecule has 0 aromatic heterocycles. The molecule has 0 amide bonds. The summed E-state index contributed by atoms with van der Waals surface area (Å²) in [5.41, 5.74) is 3.91. The molecule has 2 heteroatoms. The molecule has 0 unspecified atom stereocenters. The van der Waals surface area contributed by atoms with Crippen LogP contribution in [-0.4, -0.2) is 0 Å². The molecular formula is C28H34Cl2. The molecule has 0 bridgehead atoms. The van der Waals surface area contributed by atoms with E-state index in [4.69, 9.17) is 24.4 Å². The zero-order chi connectivity index (χ0) is 19.6. The molecule has 160 valence electrons. The molecule has 0 aliphatic rings. The highest BCUT2D eigenvalue weighted by atomic mass is 35.5. The van der Waals surface area contributed by atoms with Crippen molar-refractivity contribution in [2.24, 2.45) is 0 Å². The maximum Gasteiger partial charge on any atom is 0.0474 e. The second kappa shape index (κ2) is 22.2. The first-order chi connectivity index (χ1) is 13.3. The van der Waals surface area contributed by atoms with E-state index < -0.39 is 0 Å². The first-order valence-corrected chi connectivity index (χ1v) is 8.92. The van der Waals surface area contributed by atoms with Gasteiger partial charge in [-0.2, -0.15) is 0 Å². The third-order valence-corrected chi connectivity index (χ3v) is 3.61. The lowest BCUT2D eigenvalue weighted by atomic mass is 10.1. The van der Waals surface area contributed by atoms with E-state index in [1.807, 2.05) is 30.3 Å². The summed E-state index contributed by atoms with van der Waals surface area (Å²) in [5.74, 6) is 9.22. The maximum atomic E-state index is 5.53. The molecule has 0 saturated heterocycles. The zero-order valence-corrected chi connectivity index (χ0v) is 17.1. The van der Waals surface area contributed by atoms with Crippen LogP contribution in [0.3, 0.4) is 0 Å².